The van der Waals surface area contributed by atoms with Gasteiger partial charge in [-0.3, -0.25) is 0 Å². The van der Waals surface area contributed by atoms with Gasteiger partial charge in [-0.2, -0.15) is 0 Å². The standard InChI is InChI=1S/C16H24N2O2/c1-3-20-16(19)13-6-7-14(17)15(11-13)18-9-4-5-12(2)8-10-18/h6-7,11-12H,3-5,8-10,17H2,1-2H3. The van der Waals surface area contributed by atoms with Gasteiger partial charge in [0.2, 0.25) is 0 Å². The summed E-state index contributed by atoms with van der Waals surface area (Å²) in [5.74, 6) is 0.478. The van der Waals surface area contributed by atoms with Crippen molar-refractivity contribution in [1.29, 1.82) is 0 Å². The third-order valence-corrected chi connectivity index (χ3v) is 3.90. The Balaban J connectivity index is 2.21. The van der Waals surface area contributed by atoms with Crippen LogP contribution in [0.3, 0.4) is 0 Å². The molecular formula is C16H24N2O2. The third-order valence-electron chi connectivity index (χ3n) is 3.90. The van der Waals surface area contributed by atoms with Crippen LogP contribution in [-0.2, 0) is 4.74 Å². The summed E-state index contributed by atoms with van der Waals surface area (Å²) >= 11 is 0. The lowest BCUT2D eigenvalue weighted by atomic mass is 10.0. The maximum Gasteiger partial charge on any atom is 0.338 e. The van der Waals surface area contributed by atoms with E-state index in [9.17, 15) is 4.79 Å². The van der Waals surface area contributed by atoms with E-state index < -0.39 is 0 Å². The van der Waals surface area contributed by atoms with Crippen LogP contribution in [0.2, 0.25) is 0 Å². The van der Waals surface area contributed by atoms with E-state index in [1.165, 1.54) is 19.3 Å². The first-order chi connectivity index (χ1) is 9.61. The van der Waals surface area contributed by atoms with Gasteiger partial charge < -0.3 is 15.4 Å². The highest BCUT2D eigenvalue weighted by Crippen LogP contribution is 2.28. The molecule has 1 aromatic rings. The Hall–Kier alpha value is -1.71. The number of nitrogen functional groups attached to an aromatic ring is 1. The molecule has 1 saturated heterocycles. The molecule has 1 heterocycles. The molecule has 1 aliphatic heterocycles. The Morgan fingerprint density at radius 2 is 2.20 bits per heavy atom. The quantitative estimate of drug-likeness (QED) is 0.681. The van der Waals surface area contributed by atoms with Gasteiger partial charge in [0.1, 0.15) is 0 Å². The predicted molar refractivity (Wildman–Crippen MR) is 82.0 cm³/mol. The Morgan fingerprint density at radius 1 is 1.40 bits per heavy atom. The molecule has 1 aliphatic rings. The lowest BCUT2D eigenvalue weighted by Crippen LogP contribution is -2.25. The second kappa shape index (κ2) is 6.64. The van der Waals surface area contributed by atoms with Crippen molar-refractivity contribution < 1.29 is 9.53 Å². The van der Waals surface area contributed by atoms with Crippen molar-refractivity contribution in [1.82, 2.24) is 0 Å². The van der Waals surface area contributed by atoms with Gasteiger partial charge in [-0.15, -0.1) is 0 Å². The van der Waals surface area contributed by atoms with Gasteiger partial charge in [0, 0.05) is 13.1 Å². The van der Waals surface area contributed by atoms with Crippen LogP contribution in [0.15, 0.2) is 18.2 Å². The Bertz CT molecular complexity index is 474. The number of anilines is 2. The van der Waals surface area contributed by atoms with Crippen molar-refractivity contribution in [3.63, 3.8) is 0 Å². The number of hydrogen-bond donors (Lipinski definition) is 1. The Morgan fingerprint density at radius 3 is 2.95 bits per heavy atom. The first-order valence-electron chi connectivity index (χ1n) is 7.43. The molecule has 0 aromatic heterocycles. The van der Waals surface area contributed by atoms with E-state index in [0.717, 1.165) is 30.4 Å². The van der Waals surface area contributed by atoms with Crippen molar-refractivity contribution in [3.8, 4) is 0 Å². The van der Waals surface area contributed by atoms with Crippen LogP contribution < -0.4 is 10.6 Å². The van der Waals surface area contributed by atoms with Crippen LogP contribution in [0.1, 0.15) is 43.5 Å². The third kappa shape index (κ3) is 3.44. The molecule has 4 nitrogen and oxygen atoms in total. The predicted octanol–water partition coefficient (Wildman–Crippen LogP) is 3.07. The number of benzene rings is 1. The molecule has 0 spiro atoms. The fourth-order valence-corrected chi connectivity index (χ4v) is 2.66. The summed E-state index contributed by atoms with van der Waals surface area (Å²) in [6.45, 7) is 6.49. The van der Waals surface area contributed by atoms with E-state index in [1.54, 1.807) is 12.1 Å². The van der Waals surface area contributed by atoms with Gasteiger partial charge in [0.05, 0.1) is 23.5 Å². The number of hydrogen-bond acceptors (Lipinski definition) is 4. The molecular weight excluding hydrogens is 252 g/mol. The van der Waals surface area contributed by atoms with Crippen LogP contribution in [-0.4, -0.2) is 25.7 Å². The highest BCUT2D eigenvalue weighted by Gasteiger charge is 2.17. The maximum atomic E-state index is 11.8. The normalized spacial score (nSPS) is 19.5. The summed E-state index contributed by atoms with van der Waals surface area (Å²) in [6, 6.07) is 5.40. The van der Waals surface area contributed by atoms with Crippen LogP contribution in [0.25, 0.3) is 0 Å². The van der Waals surface area contributed by atoms with Crippen molar-refractivity contribution in [2.24, 2.45) is 5.92 Å². The van der Waals surface area contributed by atoms with Crippen LogP contribution >= 0.6 is 0 Å². The fourth-order valence-electron chi connectivity index (χ4n) is 2.66. The van der Waals surface area contributed by atoms with Crippen molar-refractivity contribution in [2.75, 3.05) is 30.3 Å². The molecule has 20 heavy (non-hydrogen) atoms. The smallest absolute Gasteiger partial charge is 0.338 e. The summed E-state index contributed by atoms with van der Waals surface area (Å²) in [6.07, 6.45) is 3.60. The van der Waals surface area contributed by atoms with E-state index in [4.69, 9.17) is 10.5 Å². The first kappa shape index (κ1) is 14.7. The topological polar surface area (TPSA) is 55.6 Å². The van der Waals surface area contributed by atoms with Crippen LogP contribution in [0.4, 0.5) is 11.4 Å². The lowest BCUT2D eigenvalue weighted by molar-refractivity contribution is 0.0526. The van der Waals surface area contributed by atoms with Crippen LogP contribution in [0, 0.1) is 5.92 Å². The van der Waals surface area contributed by atoms with Gasteiger partial charge in [-0.05, 0) is 50.3 Å². The molecule has 1 unspecified atom stereocenters. The molecule has 2 N–H and O–H groups in total. The zero-order chi connectivity index (χ0) is 14.5. The molecule has 0 saturated carbocycles. The van der Waals surface area contributed by atoms with E-state index in [-0.39, 0.29) is 5.97 Å². The number of ether oxygens (including phenoxy) is 1. The average Bonchev–Trinajstić information content (AvgIpc) is 2.64. The number of carbonyl (C=O) groups is 1. The zero-order valence-corrected chi connectivity index (χ0v) is 12.4. The molecule has 4 heteroatoms. The minimum atomic E-state index is -0.281. The first-order valence-corrected chi connectivity index (χ1v) is 7.43. The average molecular weight is 276 g/mol. The molecule has 110 valence electrons. The number of rotatable bonds is 3. The minimum absolute atomic E-state index is 0.281. The Labute approximate surface area is 120 Å². The van der Waals surface area contributed by atoms with Gasteiger partial charge in [-0.25, -0.2) is 4.79 Å². The summed E-state index contributed by atoms with van der Waals surface area (Å²) in [5, 5.41) is 0. The van der Waals surface area contributed by atoms with E-state index in [0.29, 0.717) is 12.2 Å². The monoisotopic (exact) mass is 276 g/mol. The van der Waals surface area contributed by atoms with Gasteiger partial charge >= 0.3 is 5.97 Å². The summed E-state index contributed by atoms with van der Waals surface area (Å²) in [7, 11) is 0. The maximum absolute atomic E-state index is 11.8. The summed E-state index contributed by atoms with van der Waals surface area (Å²) in [5.41, 5.74) is 8.36. The summed E-state index contributed by atoms with van der Waals surface area (Å²) in [4.78, 5) is 14.1. The molecule has 1 aromatic carbocycles. The van der Waals surface area contributed by atoms with Crippen molar-refractivity contribution in [3.05, 3.63) is 23.8 Å². The van der Waals surface area contributed by atoms with E-state index in [1.807, 2.05) is 13.0 Å². The second-order valence-corrected chi connectivity index (χ2v) is 5.52. The molecule has 2 rings (SSSR count). The SMILES string of the molecule is CCOC(=O)c1ccc(N)c(N2CCCC(C)CC2)c1. The Kier molecular flexibility index (Phi) is 4.88. The molecule has 0 bridgehead atoms. The van der Waals surface area contributed by atoms with Crippen LogP contribution in [0.5, 0.6) is 0 Å². The molecule has 0 aliphatic carbocycles. The molecule has 0 radical (unpaired) electrons. The number of nitrogens with zero attached hydrogens (tertiary/aromatic N) is 1. The highest BCUT2D eigenvalue weighted by molar-refractivity contribution is 5.92. The number of carbonyl (C=O) groups excluding carboxylic acids is 1. The fraction of sp³-hybridized carbons (Fsp3) is 0.562. The van der Waals surface area contributed by atoms with E-state index >= 15 is 0 Å². The lowest BCUT2D eigenvalue weighted by Gasteiger charge is -2.24. The second-order valence-electron chi connectivity index (χ2n) is 5.52. The summed E-state index contributed by atoms with van der Waals surface area (Å²) < 4.78 is 5.05. The number of nitrogens with two attached hydrogens (primary N) is 1. The molecule has 1 fully saturated rings. The zero-order valence-electron chi connectivity index (χ0n) is 12.4. The number of esters is 1. The molecule has 1 atom stereocenters. The van der Waals surface area contributed by atoms with Gasteiger partial charge in [-0.1, -0.05) is 6.92 Å². The highest BCUT2D eigenvalue weighted by atomic mass is 16.5. The minimum Gasteiger partial charge on any atom is -0.462 e. The van der Waals surface area contributed by atoms with E-state index in [2.05, 4.69) is 11.8 Å². The largest absolute Gasteiger partial charge is 0.462 e. The molecule has 0 amide bonds. The van der Waals surface area contributed by atoms with Gasteiger partial charge in [0.15, 0.2) is 0 Å². The van der Waals surface area contributed by atoms with Gasteiger partial charge in [0.25, 0.3) is 0 Å². The van der Waals surface area contributed by atoms with Crippen molar-refractivity contribution in [2.45, 2.75) is 33.1 Å². The van der Waals surface area contributed by atoms with Crippen molar-refractivity contribution >= 4 is 17.3 Å².